The smallest absolute Gasteiger partial charge is 0.406 e. The first kappa shape index (κ1) is 23.6. The number of amides is 1. The molecule has 2 N–H and O–H groups in total. The van der Waals surface area contributed by atoms with Crippen LogP contribution in [0, 0.1) is 17.2 Å². The Morgan fingerprint density at radius 2 is 1.97 bits per heavy atom. The molecule has 1 aliphatic rings. The molecule has 2 aromatic carbocycles. The second-order valence-electron chi connectivity index (χ2n) is 8.50. The zero-order valence-corrected chi connectivity index (χ0v) is 18.3. The number of aliphatic hydroxyl groups is 1. The lowest BCUT2D eigenvalue weighted by Gasteiger charge is -2.31. The van der Waals surface area contributed by atoms with Gasteiger partial charge in [0.2, 0.25) is 0 Å². The molecule has 0 radical (unpaired) electrons. The maximum atomic E-state index is 13.3. The van der Waals surface area contributed by atoms with E-state index in [-0.39, 0.29) is 36.8 Å². The van der Waals surface area contributed by atoms with Gasteiger partial charge in [0.1, 0.15) is 11.4 Å². The van der Waals surface area contributed by atoms with E-state index in [9.17, 15) is 28.3 Å². The van der Waals surface area contributed by atoms with Crippen LogP contribution in [0.5, 0.6) is 5.75 Å². The number of hydrogen-bond acceptors (Lipinski definition) is 4. The molecule has 1 amide bonds. The number of ether oxygens (including phenoxy) is 1. The van der Waals surface area contributed by atoms with E-state index in [1.165, 1.54) is 18.2 Å². The first-order valence-corrected chi connectivity index (χ1v) is 11.1. The van der Waals surface area contributed by atoms with Crippen LogP contribution >= 0.6 is 0 Å². The van der Waals surface area contributed by atoms with Crippen molar-refractivity contribution in [3.05, 3.63) is 65.4 Å². The Bertz CT molecular complexity index is 1230. The normalized spacial score (nSPS) is 18.4. The summed E-state index contributed by atoms with van der Waals surface area (Å²) in [6, 6.07) is 14.2. The highest BCUT2D eigenvalue weighted by Gasteiger charge is 2.31. The molecular weight excluding hydrogens is 447 g/mol. The highest BCUT2D eigenvalue weighted by molar-refractivity contribution is 5.99. The van der Waals surface area contributed by atoms with Crippen LogP contribution in [-0.2, 0) is 6.54 Å². The summed E-state index contributed by atoms with van der Waals surface area (Å²) in [4.78, 5) is 13.3. The average molecular weight is 471 g/mol. The second kappa shape index (κ2) is 9.77. The number of nitrogens with one attached hydrogen (secondary N) is 1. The van der Waals surface area contributed by atoms with Gasteiger partial charge < -0.3 is 19.7 Å². The van der Waals surface area contributed by atoms with E-state index in [1.807, 2.05) is 0 Å². The van der Waals surface area contributed by atoms with Crippen molar-refractivity contribution in [2.24, 2.45) is 5.92 Å². The summed E-state index contributed by atoms with van der Waals surface area (Å²) in [5, 5.41) is 22.7. The first-order valence-electron chi connectivity index (χ1n) is 11.1. The summed E-state index contributed by atoms with van der Waals surface area (Å²) < 4.78 is 43.7. The summed E-state index contributed by atoms with van der Waals surface area (Å²) in [7, 11) is 0. The Kier molecular flexibility index (Phi) is 6.80. The van der Waals surface area contributed by atoms with Crippen molar-refractivity contribution in [3.63, 3.8) is 0 Å². The standard InChI is InChI=1S/C25H24F3N3O3/c26-25(27,28)34-20-6-3-4-17(11-20)14-31-22-9-8-16(13-29)10-19(22)12-23(31)24(33)30-21-7-2-1-5-18(21)15-32/h3-4,6,8-12,18,21,32H,1-2,5,7,14-15H2,(H,30,33). The van der Waals surface area contributed by atoms with Crippen molar-refractivity contribution in [3.8, 4) is 11.8 Å². The molecule has 1 aliphatic carbocycles. The van der Waals surface area contributed by atoms with Gasteiger partial charge in [-0.2, -0.15) is 5.26 Å². The number of carbonyl (C=O) groups excluding carboxylic acids is 1. The minimum absolute atomic E-state index is 0.00847. The van der Waals surface area contributed by atoms with Gasteiger partial charge in [-0.25, -0.2) is 0 Å². The van der Waals surface area contributed by atoms with Gasteiger partial charge in [0.15, 0.2) is 0 Å². The lowest BCUT2D eigenvalue weighted by molar-refractivity contribution is -0.274. The fourth-order valence-electron chi connectivity index (χ4n) is 4.58. The molecule has 1 heterocycles. The van der Waals surface area contributed by atoms with Gasteiger partial charge in [-0.1, -0.05) is 25.0 Å². The fourth-order valence-corrected chi connectivity index (χ4v) is 4.58. The lowest BCUT2D eigenvalue weighted by atomic mass is 9.85. The monoisotopic (exact) mass is 471 g/mol. The molecule has 0 saturated heterocycles. The minimum Gasteiger partial charge on any atom is -0.406 e. The fraction of sp³-hybridized carbons (Fsp3) is 0.360. The van der Waals surface area contributed by atoms with E-state index in [1.54, 1.807) is 34.9 Å². The number of aliphatic hydroxyl groups excluding tert-OH is 1. The maximum absolute atomic E-state index is 13.3. The van der Waals surface area contributed by atoms with E-state index in [2.05, 4.69) is 16.1 Å². The minimum atomic E-state index is -4.80. The van der Waals surface area contributed by atoms with Gasteiger partial charge in [0.25, 0.3) is 5.91 Å². The number of fused-ring (bicyclic) bond motifs is 1. The predicted molar refractivity (Wildman–Crippen MR) is 119 cm³/mol. The van der Waals surface area contributed by atoms with Gasteiger partial charge in [-0.3, -0.25) is 4.79 Å². The molecule has 0 bridgehead atoms. The molecule has 178 valence electrons. The third-order valence-electron chi connectivity index (χ3n) is 6.20. The third kappa shape index (κ3) is 5.34. The zero-order chi connectivity index (χ0) is 24.3. The van der Waals surface area contributed by atoms with Crippen molar-refractivity contribution < 1.29 is 27.8 Å². The molecular formula is C25H24F3N3O3. The topological polar surface area (TPSA) is 87.3 Å². The number of aromatic nitrogens is 1. The van der Waals surface area contributed by atoms with E-state index in [4.69, 9.17) is 0 Å². The summed E-state index contributed by atoms with van der Waals surface area (Å²) in [5.74, 6) is -0.688. The second-order valence-corrected chi connectivity index (χ2v) is 8.50. The number of rotatable bonds is 6. The molecule has 4 rings (SSSR count). The summed E-state index contributed by atoms with van der Waals surface area (Å²) in [6.07, 6.45) is -1.23. The van der Waals surface area contributed by atoms with Crippen LogP contribution in [0.4, 0.5) is 13.2 Å². The van der Waals surface area contributed by atoms with Gasteiger partial charge in [0, 0.05) is 36.0 Å². The number of halogens is 3. The largest absolute Gasteiger partial charge is 0.573 e. The Labute approximate surface area is 194 Å². The summed E-state index contributed by atoms with van der Waals surface area (Å²) in [5.41, 5.74) is 1.96. The van der Waals surface area contributed by atoms with Crippen LogP contribution in [0.3, 0.4) is 0 Å². The number of alkyl halides is 3. The molecule has 1 aromatic heterocycles. The predicted octanol–water partition coefficient (Wildman–Crippen LogP) is 4.74. The third-order valence-corrected chi connectivity index (χ3v) is 6.20. The molecule has 34 heavy (non-hydrogen) atoms. The Morgan fingerprint density at radius 3 is 2.71 bits per heavy atom. The number of benzene rings is 2. The lowest BCUT2D eigenvalue weighted by Crippen LogP contribution is -2.44. The van der Waals surface area contributed by atoms with E-state index >= 15 is 0 Å². The Balaban J connectivity index is 1.69. The molecule has 3 aromatic rings. The zero-order valence-electron chi connectivity index (χ0n) is 18.3. The molecule has 2 unspecified atom stereocenters. The van der Waals surface area contributed by atoms with Gasteiger partial charge in [-0.05, 0) is 54.8 Å². The number of hydrogen-bond donors (Lipinski definition) is 2. The highest BCUT2D eigenvalue weighted by atomic mass is 19.4. The SMILES string of the molecule is N#Cc1ccc2c(c1)cc(C(=O)NC1CCCCC1CO)n2Cc1cccc(OC(F)(F)F)c1. The van der Waals surface area contributed by atoms with Crippen molar-refractivity contribution in [1.82, 2.24) is 9.88 Å². The molecule has 9 heteroatoms. The van der Waals surface area contributed by atoms with Gasteiger partial charge in [0.05, 0.1) is 11.6 Å². The molecule has 6 nitrogen and oxygen atoms in total. The van der Waals surface area contributed by atoms with Crippen LogP contribution in [-0.4, -0.2) is 34.6 Å². The van der Waals surface area contributed by atoms with E-state index in [0.717, 1.165) is 25.7 Å². The van der Waals surface area contributed by atoms with Crippen molar-refractivity contribution >= 4 is 16.8 Å². The Morgan fingerprint density at radius 1 is 1.18 bits per heavy atom. The van der Waals surface area contributed by atoms with Gasteiger partial charge in [-0.15, -0.1) is 13.2 Å². The molecule has 0 aliphatic heterocycles. The number of carbonyl (C=O) groups is 1. The van der Waals surface area contributed by atoms with Crippen molar-refractivity contribution in [1.29, 1.82) is 5.26 Å². The van der Waals surface area contributed by atoms with Crippen LogP contribution < -0.4 is 10.1 Å². The molecule has 2 atom stereocenters. The van der Waals surface area contributed by atoms with Crippen molar-refractivity contribution in [2.75, 3.05) is 6.61 Å². The highest BCUT2D eigenvalue weighted by Crippen LogP contribution is 2.28. The summed E-state index contributed by atoms with van der Waals surface area (Å²) in [6.45, 7) is 0.118. The maximum Gasteiger partial charge on any atom is 0.573 e. The van der Waals surface area contributed by atoms with Crippen LogP contribution in [0.1, 0.15) is 47.3 Å². The van der Waals surface area contributed by atoms with Crippen LogP contribution in [0.15, 0.2) is 48.5 Å². The summed E-state index contributed by atoms with van der Waals surface area (Å²) >= 11 is 0. The molecule has 1 saturated carbocycles. The van der Waals surface area contributed by atoms with E-state index < -0.39 is 6.36 Å². The van der Waals surface area contributed by atoms with Gasteiger partial charge >= 0.3 is 6.36 Å². The quantitative estimate of drug-likeness (QED) is 0.544. The first-order chi connectivity index (χ1) is 16.3. The number of nitriles is 1. The van der Waals surface area contributed by atoms with Crippen molar-refractivity contribution in [2.45, 2.75) is 44.6 Å². The molecule has 1 fully saturated rings. The van der Waals surface area contributed by atoms with Crippen LogP contribution in [0.25, 0.3) is 10.9 Å². The average Bonchev–Trinajstić information content (AvgIpc) is 3.16. The molecule has 0 spiro atoms. The van der Waals surface area contributed by atoms with E-state index in [0.29, 0.717) is 27.7 Å². The Hall–Kier alpha value is -3.51. The number of nitrogens with zero attached hydrogens (tertiary/aromatic N) is 2. The van der Waals surface area contributed by atoms with Crippen LogP contribution in [0.2, 0.25) is 0 Å².